The van der Waals surface area contributed by atoms with Crippen LogP contribution >= 0.6 is 0 Å². The van der Waals surface area contributed by atoms with Crippen LogP contribution in [0.25, 0.3) is 33.6 Å². The molecule has 2 aromatic carbocycles. The summed E-state index contributed by atoms with van der Waals surface area (Å²) in [5, 5.41) is 16.4. The lowest BCUT2D eigenvalue weighted by atomic mass is 10.1. The maximum atomic E-state index is 14.8. The van der Waals surface area contributed by atoms with Crippen molar-refractivity contribution in [3.05, 3.63) is 71.6 Å². The molecule has 1 N–H and O–H groups in total. The van der Waals surface area contributed by atoms with Crippen molar-refractivity contribution in [1.82, 2.24) is 35.1 Å². The molecule has 0 aliphatic carbocycles. The van der Waals surface area contributed by atoms with Gasteiger partial charge in [0.15, 0.2) is 0 Å². The first kappa shape index (κ1) is 22.5. The second-order valence-corrected chi connectivity index (χ2v) is 8.91. The Morgan fingerprint density at radius 3 is 2.56 bits per heavy atom. The molecule has 0 unspecified atom stereocenters. The predicted molar refractivity (Wildman–Crippen MR) is 126 cm³/mol. The van der Waals surface area contributed by atoms with E-state index < -0.39 is 18.1 Å². The zero-order valence-corrected chi connectivity index (χ0v) is 19.2. The maximum absolute atomic E-state index is 14.8. The van der Waals surface area contributed by atoms with Crippen molar-refractivity contribution in [1.29, 1.82) is 0 Å². The third kappa shape index (κ3) is 4.37. The minimum absolute atomic E-state index is 0.151. The van der Waals surface area contributed by atoms with Crippen molar-refractivity contribution in [2.45, 2.75) is 32.4 Å². The van der Waals surface area contributed by atoms with Gasteiger partial charge in [0.05, 0.1) is 12.7 Å². The monoisotopic (exact) mass is 493 g/mol. The van der Waals surface area contributed by atoms with Gasteiger partial charge in [0.1, 0.15) is 11.5 Å². The zero-order valence-electron chi connectivity index (χ0n) is 19.2. The molecule has 5 aromatic rings. The number of benzene rings is 2. The van der Waals surface area contributed by atoms with Gasteiger partial charge >= 0.3 is 6.43 Å². The van der Waals surface area contributed by atoms with E-state index in [0.717, 1.165) is 36.1 Å². The number of halogens is 3. The number of hydrogen-bond acceptors (Lipinski definition) is 6. The lowest BCUT2D eigenvalue weighted by molar-refractivity contribution is 0.116. The average Bonchev–Trinajstić information content (AvgIpc) is 3.68. The molecule has 11 heteroatoms. The number of alkyl halides is 2. The Labute approximate surface area is 203 Å². The van der Waals surface area contributed by atoms with Crippen LogP contribution < -0.4 is 0 Å². The normalized spacial score (nSPS) is 14.4. The summed E-state index contributed by atoms with van der Waals surface area (Å²) in [7, 11) is 0. The SMILES string of the molecule is Fc1cc(-c2nnc(C(F)F)o2)ccc1Cn1cc(-c2ccc3[nH]cc(CN4CCCC4)c3c2)nn1. The molecule has 6 rings (SSSR count). The lowest BCUT2D eigenvalue weighted by Gasteiger charge is -2.13. The molecule has 1 fully saturated rings. The highest BCUT2D eigenvalue weighted by Gasteiger charge is 2.18. The van der Waals surface area contributed by atoms with E-state index in [9.17, 15) is 13.2 Å². The van der Waals surface area contributed by atoms with Crippen LogP contribution in [0.1, 0.15) is 36.3 Å². The fourth-order valence-electron chi connectivity index (χ4n) is 4.58. The van der Waals surface area contributed by atoms with E-state index in [2.05, 4.69) is 42.7 Å². The number of aromatic nitrogens is 6. The fraction of sp³-hybridized carbons (Fsp3) is 0.280. The molecule has 0 amide bonds. The van der Waals surface area contributed by atoms with E-state index in [1.165, 1.54) is 30.5 Å². The Morgan fingerprint density at radius 2 is 1.78 bits per heavy atom. The summed E-state index contributed by atoms with van der Waals surface area (Å²) in [6, 6.07) is 10.4. The molecule has 1 aliphatic heterocycles. The molecule has 0 bridgehead atoms. The van der Waals surface area contributed by atoms with Crippen LogP contribution in [0.3, 0.4) is 0 Å². The smallest absolute Gasteiger partial charge is 0.314 e. The van der Waals surface area contributed by atoms with Crippen molar-refractivity contribution < 1.29 is 17.6 Å². The highest BCUT2D eigenvalue weighted by atomic mass is 19.3. The fourth-order valence-corrected chi connectivity index (χ4v) is 4.58. The van der Waals surface area contributed by atoms with Crippen molar-refractivity contribution >= 4 is 10.9 Å². The van der Waals surface area contributed by atoms with Crippen LogP contribution in [0.15, 0.2) is 53.2 Å². The Hall–Kier alpha value is -3.99. The first-order valence-electron chi connectivity index (χ1n) is 11.7. The molecule has 8 nitrogen and oxygen atoms in total. The number of fused-ring (bicyclic) bond motifs is 1. The highest BCUT2D eigenvalue weighted by Crippen LogP contribution is 2.28. The predicted octanol–water partition coefficient (Wildman–Crippen LogP) is 5.20. The number of rotatable bonds is 7. The summed E-state index contributed by atoms with van der Waals surface area (Å²) in [5.74, 6) is -1.50. The van der Waals surface area contributed by atoms with Gasteiger partial charge in [-0.3, -0.25) is 4.90 Å². The van der Waals surface area contributed by atoms with Gasteiger partial charge in [0.25, 0.3) is 5.89 Å². The molecule has 36 heavy (non-hydrogen) atoms. The minimum Gasteiger partial charge on any atom is -0.415 e. The summed E-state index contributed by atoms with van der Waals surface area (Å²) in [6.07, 6.45) is 3.45. The van der Waals surface area contributed by atoms with Gasteiger partial charge in [-0.2, -0.15) is 8.78 Å². The molecular formula is C25H22F3N7O. The average molecular weight is 493 g/mol. The van der Waals surface area contributed by atoms with Crippen molar-refractivity contribution in [3.63, 3.8) is 0 Å². The van der Waals surface area contributed by atoms with E-state index in [4.69, 9.17) is 4.42 Å². The summed E-state index contributed by atoms with van der Waals surface area (Å²) in [5.41, 5.74) is 4.53. The summed E-state index contributed by atoms with van der Waals surface area (Å²) < 4.78 is 46.6. The summed E-state index contributed by atoms with van der Waals surface area (Å²) in [4.78, 5) is 5.81. The molecule has 0 atom stereocenters. The number of nitrogens with one attached hydrogen (secondary N) is 1. The van der Waals surface area contributed by atoms with Gasteiger partial charge in [0, 0.05) is 40.3 Å². The van der Waals surface area contributed by atoms with Gasteiger partial charge in [-0.05, 0) is 55.8 Å². The van der Waals surface area contributed by atoms with Crippen LogP contribution in [0.5, 0.6) is 0 Å². The Balaban J connectivity index is 1.20. The van der Waals surface area contributed by atoms with E-state index in [0.29, 0.717) is 11.3 Å². The number of nitrogens with zero attached hydrogens (tertiary/aromatic N) is 6. The van der Waals surface area contributed by atoms with Gasteiger partial charge < -0.3 is 9.40 Å². The van der Waals surface area contributed by atoms with Crippen molar-refractivity contribution in [3.8, 4) is 22.7 Å². The maximum Gasteiger partial charge on any atom is 0.314 e. The third-order valence-corrected chi connectivity index (χ3v) is 6.45. The second-order valence-electron chi connectivity index (χ2n) is 8.91. The van der Waals surface area contributed by atoms with Gasteiger partial charge in [-0.15, -0.1) is 15.3 Å². The molecule has 0 saturated carbocycles. The Morgan fingerprint density at radius 1 is 0.944 bits per heavy atom. The zero-order chi connectivity index (χ0) is 24.6. The highest BCUT2D eigenvalue weighted by molar-refractivity contribution is 5.87. The number of likely N-dealkylation sites (tertiary alicyclic amines) is 1. The van der Waals surface area contributed by atoms with E-state index in [1.54, 1.807) is 16.9 Å². The van der Waals surface area contributed by atoms with E-state index in [1.807, 2.05) is 12.1 Å². The number of H-pyrrole nitrogens is 1. The molecule has 1 saturated heterocycles. The van der Waals surface area contributed by atoms with Gasteiger partial charge in [-0.1, -0.05) is 17.3 Å². The molecule has 3 aromatic heterocycles. The standard InChI is InChI=1S/C25H22F3N7O/c26-20-10-16(24-31-32-25(36-24)23(27)28)3-4-17(20)13-35-14-22(30-33-35)15-5-6-21-19(9-15)18(11-29-21)12-34-7-1-2-8-34/h3-6,9-11,14,23,29H,1-2,7-8,12-13H2. The quantitative estimate of drug-likeness (QED) is 0.335. The van der Waals surface area contributed by atoms with Gasteiger partial charge in [-0.25, -0.2) is 9.07 Å². The number of hydrogen-bond donors (Lipinski definition) is 1. The molecular weight excluding hydrogens is 471 g/mol. The molecule has 0 radical (unpaired) electrons. The molecule has 184 valence electrons. The van der Waals surface area contributed by atoms with Crippen LogP contribution in [0, 0.1) is 5.82 Å². The van der Waals surface area contributed by atoms with Crippen LogP contribution in [0.4, 0.5) is 13.2 Å². The minimum atomic E-state index is -2.88. The topological polar surface area (TPSA) is 88.7 Å². The third-order valence-electron chi connectivity index (χ3n) is 6.45. The van der Waals surface area contributed by atoms with Crippen LogP contribution in [-0.2, 0) is 13.1 Å². The Bertz CT molecular complexity index is 1520. The largest absolute Gasteiger partial charge is 0.415 e. The van der Waals surface area contributed by atoms with Crippen LogP contribution in [0.2, 0.25) is 0 Å². The molecule has 4 heterocycles. The second kappa shape index (κ2) is 9.23. The summed E-state index contributed by atoms with van der Waals surface area (Å²) >= 11 is 0. The molecule has 1 aliphatic rings. The van der Waals surface area contributed by atoms with Crippen molar-refractivity contribution in [2.24, 2.45) is 0 Å². The van der Waals surface area contributed by atoms with Crippen molar-refractivity contribution in [2.75, 3.05) is 13.1 Å². The van der Waals surface area contributed by atoms with E-state index in [-0.39, 0.29) is 18.0 Å². The first-order chi connectivity index (χ1) is 17.5. The summed E-state index contributed by atoms with van der Waals surface area (Å²) in [6.45, 7) is 3.32. The lowest BCUT2D eigenvalue weighted by Crippen LogP contribution is -2.17. The number of aromatic amines is 1. The van der Waals surface area contributed by atoms with Gasteiger partial charge in [0.2, 0.25) is 5.89 Å². The van der Waals surface area contributed by atoms with E-state index >= 15 is 0 Å². The Kier molecular flexibility index (Phi) is 5.76. The first-order valence-corrected chi connectivity index (χ1v) is 11.7. The molecule has 0 spiro atoms. The van der Waals surface area contributed by atoms with Crippen LogP contribution in [-0.4, -0.2) is 48.2 Å².